The first-order chi connectivity index (χ1) is 12.7. The summed E-state index contributed by atoms with van der Waals surface area (Å²) in [5.41, 5.74) is -0.186. The van der Waals surface area contributed by atoms with Crippen molar-refractivity contribution in [2.24, 2.45) is 0 Å². The molecule has 0 aliphatic rings. The summed E-state index contributed by atoms with van der Waals surface area (Å²) in [7, 11) is 1.42. The van der Waals surface area contributed by atoms with Gasteiger partial charge in [0, 0.05) is 4.88 Å². The number of phenolic OH excluding ortho intramolecular Hbond substituents is 1. The fourth-order valence-corrected chi connectivity index (χ4v) is 3.99. The number of thiophene rings is 1. The van der Waals surface area contributed by atoms with Crippen molar-refractivity contribution >= 4 is 40.3 Å². The van der Waals surface area contributed by atoms with Crippen molar-refractivity contribution in [3.05, 3.63) is 68.3 Å². The fourth-order valence-electron chi connectivity index (χ4n) is 2.40. The average molecular weight is 433 g/mol. The van der Waals surface area contributed by atoms with Gasteiger partial charge in [0.05, 0.1) is 27.6 Å². The van der Waals surface area contributed by atoms with Gasteiger partial charge < -0.3 is 9.84 Å². The quantitative estimate of drug-likeness (QED) is 0.401. The molecule has 1 heterocycles. The molecule has 3 rings (SSSR count). The van der Waals surface area contributed by atoms with Crippen LogP contribution >= 0.6 is 34.5 Å². The van der Waals surface area contributed by atoms with Crippen molar-refractivity contribution in [2.45, 2.75) is 0 Å². The predicted molar refractivity (Wildman–Crippen MR) is 97.7 cm³/mol. The zero-order valence-corrected chi connectivity index (χ0v) is 15.8. The molecule has 1 aromatic heterocycles. The SMILES string of the molecule is COc1c(Cl)cc(-c2ccc(C(=O)c3cc(F)c(F)c(O)c3F)s2)cc1Cl. The van der Waals surface area contributed by atoms with Crippen LogP contribution in [0.1, 0.15) is 15.2 Å². The van der Waals surface area contributed by atoms with Gasteiger partial charge >= 0.3 is 0 Å². The minimum atomic E-state index is -1.75. The number of hydrogen-bond acceptors (Lipinski definition) is 4. The van der Waals surface area contributed by atoms with E-state index < -0.39 is 34.5 Å². The molecule has 3 aromatic rings. The van der Waals surface area contributed by atoms with Crippen LogP contribution in [0, 0.1) is 17.5 Å². The van der Waals surface area contributed by atoms with Crippen molar-refractivity contribution in [3.8, 4) is 21.9 Å². The van der Waals surface area contributed by atoms with Gasteiger partial charge in [-0.1, -0.05) is 23.2 Å². The van der Waals surface area contributed by atoms with Crippen molar-refractivity contribution in [1.29, 1.82) is 0 Å². The highest BCUT2D eigenvalue weighted by molar-refractivity contribution is 7.17. The first-order valence-corrected chi connectivity index (χ1v) is 8.86. The highest BCUT2D eigenvalue weighted by atomic mass is 35.5. The second-order valence-corrected chi connectivity index (χ2v) is 7.25. The maximum absolute atomic E-state index is 14.0. The number of hydrogen-bond donors (Lipinski definition) is 1. The zero-order valence-electron chi connectivity index (χ0n) is 13.4. The summed E-state index contributed by atoms with van der Waals surface area (Å²) >= 11 is 13.2. The van der Waals surface area contributed by atoms with Crippen LogP contribution in [0.25, 0.3) is 10.4 Å². The molecule has 1 N–H and O–H groups in total. The molecule has 27 heavy (non-hydrogen) atoms. The molecule has 0 bridgehead atoms. The van der Waals surface area contributed by atoms with Crippen molar-refractivity contribution < 1.29 is 27.8 Å². The molecule has 3 nitrogen and oxygen atoms in total. The minimum Gasteiger partial charge on any atom is -0.503 e. The Morgan fingerprint density at radius 3 is 2.30 bits per heavy atom. The summed E-state index contributed by atoms with van der Waals surface area (Å²) in [6, 6.07) is 6.54. The molecule has 0 unspecified atom stereocenters. The number of ether oxygens (including phenoxy) is 1. The van der Waals surface area contributed by atoms with E-state index >= 15 is 0 Å². The van der Waals surface area contributed by atoms with E-state index in [0.717, 1.165) is 11.3 Å². The first-order valence-electron chi connectivity index (χ1n) is 7.29. The summed E-state index contributed by atoms with van der Waals surface area (Å²) in [6.45, 7) is 0. The van der Waals surface area contributed by atoms with E-state index in [0.29, 0.717) is 22.3 Å². The largest absolute Gasteiger partial charge is 0.503 e. The summed E-state index contributed by atoms with van der Waals surface area (Å²) < 4.78 is 45.7. The van der Waals surface area contributed by atoms with E-state index in [1.54, 1.807) is 18.2 Å². The Kier molecular flexibility index (Phi) is 5.37. The summed E-state index contributed by atoms with van der Waals surface area (Å²) in [5, 5.41) is 9.80. The highest BCUT2D eigenvalue weighted by Gasteiger charge is 2.24. The number of ketones is 1. The molecule has 9 heteroatoms. The molecule has 0 aliphatic carbocycles. The number of aromatic hydroxyl groups is 1. The third-order valence-corrected chi connectivity index (χ3v) is 5.39. The van der Waals surface area contributed by atoms with Crippen LogP contribution in [-0.4, -0.2) is 18.0 Å². The lowest BCUT2D eigenvalue weighted by molar-refractivity contribution is 0.103. The number of carbonyl (C=O) groups excluding carboxylic acids is 1. The number of halogens is 5. The third kappa shape index (κ3) is 3.50. The van der Waals surface area contributed by atoms with Crippen LogP contribution in [0.2, 0.25) is 10.0 Å². The molecule has 0 fully saturated rings. The third-order valence-electron chi connectivity index (χ3n) is 3.69. The first kappa shape index (κ1) is 19.5. The fraction of sp³-hybridized carbons (Fsp3) is 0.0556. The molecule has 2 aromatic carbocycles. The monoisotopic (exact) mass is 432 g/mol. The Hall–Kier alpha value is -2.22. The predicted octanol–water partition coefficient (Wildman–Crippen LogP) is 6.08. The Morgan fingerprint density at radius 2 is 1.70 bits per heavy atom. The Labute approximate surface area is 165 Å². The topological polar surface area (TPSA) is 46.5 Å². The smallest absolute Gasteiger partial charge is 0.206 e. The van der Waals surface area contributed by atoms with Crippen LogP contribution in [0.5, 0.6) is 11.5 Å². The van der Waals surface area contributed by atoms with E-state index in [1.165, 1.54) is 13.2 Å². The molecule has 0 amide bonds. The van der Waals surface area contributed by atoms with Gasteiger partial charge in [0.2, 0.25) is 11.6 Å². The Balaban J connectivity index is 2.01. The highest BCUT2D eigenvalue weighted by Crippen LogP contribution is 2.39. The molecule has 140 valence electrons. The minimum absolute atomic E-state index is 0.0531. The van der Waals surface area contributed by atoms with Gasteiger partial charge in [-0.25, -0.2) is 8.78 Å². The van der Waals surface area contributed by atoms with Gasteiger partial charge in [0.1, 0.15) is 0 Å². The lowest BCUT2D eigenvalue weighted by Gasteiger charge is -2.07. The average Bonchev–Trinajstić information content (AvgIpc) is 3.12. The maximum atomic E-state index is 14.0. The number of carbonyl (C=O) groups is 1. The van der Waals surface area contributed by atoms with E-state index in [-0.39, 0.29) is 14.9 Å². The molecule has 0 aliphatic heterocycles. The van der Waals surface area contributed by atoms with E-state index in [2.05, 4.69) is 0 Å². The van der Waals surface area contributed by atoms with Crippen molar-refractivity contribution in [2.75, 3.05) is 7.11 Å². The van der Waals surface area contributed by atoms with Gasteiger partial charge in [0.15, 0.2) is 23.1 Å². The number of methoxy groups -OCH3 is 1. The zero-order chi connectivity index (χ0) is 19.9. The van der Waals surface area contributed by atoms with Crippen LogP contribution < -0.4 is 4.74 Å². The van der Waals surface area contributed by atoms with Gasteiger partial charge in [-0.2, -0.15) is 4.39 Å². The standard InChI is InChI=1S/C18H9Cl2F3O3S/c1-26-18-9(19)4-7(5-10(18)20)12-2-3-13(27-12)16(24)8-6-11(21)15(23)17(25)14(8)22/h2-6,25H,1H3. The number of phenols is 1. The summed E-state index contributed by atoms with van der Waals surface area (Å²) in [4.78, 5) is 13.1. The van der Waals surface area contributed by atoms with Crippen LogP contribution in [0.15, 0.2) is 30.3 Å². The van der Waals surface area contributed by atoms with E-state index in [4.69, 9.17) is 27.9 Å². The van der Waals surface area contributed by atoms with Crippen LogP contribution in [0.4, 0.5) is 13.2 Å². The summed E-state index contributed by atoms with van der Waals surface area (Å²) in [5.74, 6) is -6.94. The second-order valence-electron chi connectivity index (χ2n) is 5.35. The van der Waals surface area contributed by atoms with Gasteiger partial charge in [-0.3, -0.25) is 4.79 Å². The Morgan fingerprint density at radius 1 is 1.07 bits per heavy atom. The number of benzene rings is 2. The molecular weight excluding hydrogens is 424 g/mol. The number of rotatable bonds is 4. The maximum Gasteiger partial charge on any atom is 0.206 e. The summed E-state index contributed by atoms with van der Waals surface area (Å²) in [6.07, 6.45) is 0. The lowest BCUT2D eigenvalue weighted by Crippen LogP contribution is -2.05. The van der Waals surface area contributed by atoms with Gasteiger partial charge in [-0.15, -0.1) is 11.3 Å². The molecule has 0 spiro atoms. The Bertz CT molecular complexity index is 1040. The molecule has 0 radical (unpaired) electrons. The normalized spacial score (nSPS) is 10.9. The van der Waals surface area contributed by atoms with Gasteiger partial charge in [0.25, 0.3) is 0 Å². The molecular formula is C18H9Cl2F3O3S. The van der Waals surface area contributed by atoms with Gasteiger partial charge in [-0.05, 0) is 35.9 Å². The van der Waals surface area contributed by atoms with Crippen molar-refractivity contribution in [1.82, 2.24) is 0 Å². The lowest BCUT2D eigenvalue weighted by atomic mass is 10.1. The molecule has 0 saturated heterocycles. The van der Waals surface area contributed by atoms with E-state index in [1.807, 2.05) is 0 Å². The molecule has 0 atom stereocenters. The second kappa shape index (κ2) is 7.42. The molecule has 0 saturated carbocycles. The van der Waals surface area contributed by atoms with Crippen LogP contribution in [-0.2, 0) is 0 Å². The van der Waals surface area contributed by atoms with E-state index in [9.17, 15) is 23.1 Å². The van der Waals surface area contributed by atoms with Crippen LogP contribution in [0.3, 0.4) is 0 Å². The van der Waals surface area contributed by atoms with Crippen molar-refractivity contribution in [3.63, 3.8) is 0 Å².